The van der Waals surface area contributed by atoms with Crippen LogP contribution in [0.5, 0.6) is 0 Å². The van der Waals surface area contributed by atoms with Crippen molar-refractivity contribution in [2.75, 3.05) is 0 Å². The minimum absolute atomic E-state index is 0.278. The molecular formula is C5H6O2. The molecule has 0 aliphatic rings. The van der Waals surface area contributed by atoms with Gasteiger partial charge < -0.3 is 0 Å². The third-order valence-corrected chi connectivity index (χ3v) is 0.447. The Labute approximate surface area is 41.8 Å². The number of hydrogen-bond donors (Lipinski definition) is 0. The molecule has 0 aromatic rings. The van der Waals surface area contributed by atoms with Crippen LogP contribution in [0.2, 0.25) is 0 Å². The third kappa shape index (κ3) is 2.89. The van der Waals surface area contributed by atoms with Crippen LogP contribution in [-0.2, 0) is 9.59 Å². The van der Waals surface area contributed by atoms with Gasteiger partial charge in [0.1, 0.15) is 0 Å². The van der Waals surface area contributed by atoms with Crippen LogP contribution in [0.15, 0.2) is 12.2 Å². The van der Waals surface area contributed by atoms with Crippen molar-refractivity contribution in [1.82, 2.24) is 0 Å². The Morgan fingerprint density at radius 2 is 2.14 bits per heavy atom. The fourth-order valence-electron chi connectivity index (χ4n) is 0.204. The van der Waals surface area contributed by atoms with Crippen molar-refractivity contribution in [3.8, 4) is 0 Å². The first-order valence-electron chi connectivity index (χ1n) is 1.93. The Morgan fingerprint density at radius 3 is 2.29 bits per heavy atom. The second-order valence-electron chi connectivity index (χ2n) is 1.02. The first-order chi connectivity index (χ1) is 3.31. The number of hydrogen-bond acceptors (Lipinski definition) is 2. The molecule has 0 bridgehead atoms. The molecule has 0 rings (SSSR count). The van der Waals surface area contributed by atoms with Crippen LogP contribution in [0.25, 0.3) is 0 Å². The maximum absolute atomic E-state index is 9.96. The molecule has 0 aromatic carbocycles. The van der Waals surface area contributed by atoms with E-state index in [1.165, 1.54) is 12.2 Å². The van der Waals surface area contributed by atoms with Crippen molar-refractivity contribution in [3.63, 3.8) is 0 Å². The van der Waals surface area contributed by atoms with E-state index in [-0.39, 0.29) is 6.29 Å². The lowest BCUT2D eigenvalue weighted by Crippen LogP contribution is -1.89. The van der Waals surface area contributed by atoms with Crippen LogP contribution in [-0.4, -0.2) is 12.1 Å². The van der Waals surface area contributed by atoms with Crippen molar-refractivity contribution in [1.29, 1.82) is 0 Å². The SMILES string of the molecule is C/C=C/C(=O)C=O. The van der Waals surface area contributed by atoms with Crippen LogP contribution in [0.1, 0.15) is 6.92 Å². The van der Waals surface area contributed by atoms with Gasteiger partial charge >= 0.3 is 0 Å². The second-order valence-corrected chi connectivity index (χ2v) is 1.02. The Balaban J connectivity index is 3.58. The smallest absolute Gasteiger partial charge is 0.217 e. The van der Waals surface area contributed by atoms with Crippen molar-refractivity contribution in [2.45, 2.75) is 6.92 Å². The summed E-state index contributed by atoms with van der Waals surface area (Å²) in [4.78, 5) is 19.5. The van der Waals surface area contributed by atoms with Crippen molar-refractivity contribution in [2.24, 2.45) is 0 Å². The highest BCUT2D eigenvalue weighted by molar-refractivity contribution is 6.30. The lowest BCUT2D eigenvalue weighted by Gasteiger charge is -1.68. The van der Waals surface area contributed by atoms with E-state index in [1.54, 1.807) is 6.92 Å². The molecular weight excluding hydrogens is 92.1 g/mol. The summed E-state index contributed by atoms with van der Waals surface area (Å²) >= 11 is 0. The zero-order valence-corrected chi connectivity index (χ0v) is 4.05. The summed E-state index contributed by atoms with van der Waals surface area (Å²) in [6.45, 7) is 1.68. The summed E-state index contributed by atoms with van der Waals surface area (Å²) in [6.07, 6.45) is 3.02. The Morgan fingerprint density at radius 1 is 1.57 bits per heavy atom. The molecule has 0 N–H and O–H groups in total. The summed E-state index contributed by atoms with van der Waals surface area (Å²) in [5, 5.41) is 0. The van der Waals surface area contributed by atoms with Gasteiger partial charge in [-0.2, -0.15) is 0 Å². The van der Waals surface area contributed by atoms with Crippen LogP contribution in [0.4, 0.5) is 0 Å². The molecule has 0 aliphatic heterocycles. The van der Waals surface area contributed by atoms with Crippen molar-refractivity contribution < 1.29 is 9.59 Å². The zero-order valence-electron chi connectivity index (χ0n) is 4.05. The minimum atomic E-state index is -0.484. The number of rotatable bonds is 2. The van der Waals surface area contributed by atoms with Gasteiger partial charge in [-0.05, 0) is 13.0 Å². The highest BCUT2D eigenvalue weighted by Gasteiger charge is 1.84. The molecule has 0 saturated heterocycles. The fourth-order valence-corrected chi connectivity index (χ4v) is 0.204. The van der Waals surface area contributed by atoms with E-state index in [0.717, 1.165) is 0 Å². The van der Waals surface area contributed by atoms with Gasteiger partial charge in [-0.25, -0.2) is 0 Å². The normalized spacial score (nSPS) is 9.29. The molecule has 0 unspecified atom stereocenters. The Kier molecular flexibility index (Phi) is 2.85. The summed E-state index contributed by atoms with van der Waals surface area (Å²) in [7, 11) is 0. The van der Waals surface area contributed by atoms with E-state index in [1.807, 2.05) is 0 Å². The topological polar surface area (TPSA) is 34.1 Å². The van der Waals surface area contributed by atoms with Gasteiger partial charge in [-0.3, -0.25) is 9.59 Å². The lowest BCUT2D eigenvalue weighted by atomic mass is 10.4. The third-order valence-electron chi connectivity index (χ3n) is 0.447. The van der Waals surface area contributed by atoms with Gasteiger partial charge in [-0.1, -0.05) is 6.08 Å². The number of carbonyl (C=O) groups excluding carboxylic acids is 2. The van der Waals surface area contributed by atoms with Gasteiger partial charge in [0.25, 0.3) is 0 Å². The number of ketones is 1. The predicted molar refractivity (Wildman–Crippen MR) is 25.9 cm³/mol. The average molecular weight is 98.1 g/mol. The van der Waals surface area contributed by atoms with E-state index >= 15 is 0 Å². The minimum Gasteiger partial charge on any atom is -0.294 e. The molecule has 0 spiro atoms. The summed E-state index contributed by atoms with van der Waals surface area (Å²) < 4.78 is 0. The molecule has 0 atom stereocenters. The van der Waals surface area contributed by atoms with Crippen molar-refractivity contribution in [3.05, 3.63) is 12.2 Å². The van der Waals surface area contributed by atoms with E-state index in [4.69, 9.17) is 0 Å². The van der Waals surface area contributed by atoms with E-state index in [2.05, 4.69) is 0 Å². The highest BCUT2D eigenvalue weighted by Crippen LogP contribution is 1.67. The first-order valence-corrected chi connectivity index (χ1v) is 1.93. The number of allylic oxidation sites excluding steroid dienone is 2. The number of carbonyl (C=O) groups is 2. The monoisotopic (exact) mass is 98.0 g/mol. The van der Waals surface area contributed by atoms with Gasteiger partial charge in [0.05, 0.1) is 0 Å². The van der Waals surface area contributed by atoms with Gasteiger partial charge in [-0.15, -0.1) is 0 Å². The molecule has 0 radical (unpaired) electrons. The van der Waals surface area contributed by atoms with Gasteiger partial charge in [0, 0.05) is 0 Å². The van der Waals surface area contributed by atoms with Crippen molar-refractivity contribution >= 4 is 12.1 Å². The van der Waals surface area contributed by atoms with E-state index in [0.29, 0.717) is 0 Å². The predicted octanol–water partition coefficient (Wildman–Crippen LogP) is 0.331. The molecule has 7 heavy (non-hydrogen) atoms. The average Bonchev–Trinajstić information content (AvgIpc) is 1.68. The van der Waals surface area contributed by atoms with E-state index < -0.39 is 5.78 Å². The molecule has 38 valence electrons. The largest absolute Gasteiger partial charge is 0.294 e. The summed E-state index contributed by atoms with van der Waals surface area (Å²) in [5.41, 5.74) is 0. The Hall–Kier alpha value is -0.920. The van der Waals surface area contributed by atoms with E-state index in [9.17, 15) is 9.59 Å². The summed E-state index contributed by atoms with van der Waals surface area (Å²) in [5.74, 6) is -0.484. The zero-order chi connectivity index (χ0) is 5.70. The number of aldehydes is 1. The molecule has 0 heterocycles. The molecule has 0 fully saturated rings. The lowest BCUT2D eigenvalue weighted by molar-refractivity contribution is -0.126. The standard InChI is InChI=1S/C5H6O2/c1-2-3-5(7)4-6/h2-4H,1H3/b3-2+. The Bertz CT molecular complexity index is 103. The molecule has 0 aliphatic carbocycles. The highest BCUT2D eigenvalue weighted by atomic mass is 16.2. The maximum atomic E-state index is 9.96. The molecule has 0 saturated carbocycles. The molecule has 0 aromatic heterocycles. The fraction of sp³-hybridized carbons (Fsp3) is 0.200. The second kappa shape index (κ2) is 3.28. The molecule has 2 nitrogen and oxygen atoms in total. The molecule has 0 amide bonds. The van der Waals surface area contributed by atoms with Crippen LogP contribution < -0.4 is 0 Å². The summed E-state index contributed by atoms with van der Waals surface area (Å²) in [6, 6.07) is 0. The van der Waals surface area contributed by atoms with Gasteiger partial charge in [0.15, 0.2) is 6.29 Å². The van der Waals surface area contributed by atoms with Crippen LogP contribution in [0.3, 0.4) is 0 Å². The quantitative estimate of drug-likeness (QED) is 0.283. The maximum Gasteiger partial charge on any atom is 0.217 e. The first kappa shape index (κ1) is 6.08. The van der Waals surface area contributed by atoms with Gasteiger partial charge in [0.2, 0.25) is 5.78 Å². The van der Waals surface area contributed by atoms with Crippen LogP contribution >= 0.6 is 0 Å². The van der Waals surface area contributed by atoms with Crippen LogP contribution in [0, 0.1) is 0 Å². The molecule has 2 heteroatoms.